The molecule has 0 aromatic carbocycles. The van der Waals surface area contributed by atoms with Crippen LogP contribution in [0.1, 0.15) is 194 Å². The van der Waals surface area contributed by atoms with Gasteiger partial charge in [-0.15, -0.1) is 0 Å². The van der Waals surface area contributed by atoms with Gasteiger partial charge < -0.3 is 15.5 Å². The van der Waals surface area contributed by atoms with Crippen LogP contribution in [0.3, 0.4) is 0 Å². The molecule has 3 atom stereocenters. The number of nitrogens with one attached hydrogen (secondary N) is 1. The summed E-state index contributed by atoms with van der Waals surface area (Å²) in [5.41, 5.74) is 0. The fourth-order valence-electron chi connectivity index (χ4n) is 5.94. The van der Waals surface area contributed by atoms with Crippen molar-refractivity contribution in [3.05, 3.63) is 24.3 Å². The molecule has 4 N–H and O–H groups in total. The minimum absolute atomic E-state index is 0.277. The van der Waals surface area contributed by atoms with Crippen LogP contribution in [0, 0.1) is 0 Å². The van der Waals surface area contributed by atoms with E-state index in [1.54, 1.807) is 6.08 Å². The number of carbonyl (C=O) groups is 1. The number of amides is 1. The Kier molecular flexibility index (Phi) is 32.4. The number of allylic oxidation sites excluding steroid dienone is 3. The summed E-state index contributed by atoms with van der Waals surface area (Å²) >= 11 is 0. The van der Waals surface area contributed by atoms with Gasteiger partial charge in [-0.3, -0.25) is 9.35 Å². The maximum atomic E-state index is 12.5. The fraction of sp³-hybridized carbons (Fsp3) is 0.872. The van der Waals surface area contributed by atoms with Gasteiger partial charge in [-0.25, -0.2) is 0 Å². The molecule has 0 heterocycles. The van der Waals surface area contributed by atoms with E-state index in [1.807, 2.05) is 0 Å². The van der Waals surface area contributed by atoms with Crippen LogP contribution >= 0.6 is 0 Å². The maximum absolute atomic E-state index is 12.5. The molecule has 8 heteroatoms. The Hall–Kier alpha value is -1.22. The molecule has 0 radical (unpaired) electrons. The van der Waals surface area contributed by atoms with Gasteiger partial charge in [0.05, 0.1) is 17.9 Å². The Morgan fingerprint density at radius 1 is 0.574 bits per heavy atom. The van der Waals surface area contributed by atoms with E-state index in [9.17, 15) is 28.0 Å². The topological polar surface area (TPSA) is 124 Å². The highest BCUT2D eigenvalue weighted by Crippen LogP contribution is 2.15. The number of carbonyl (C=O) groups excluding carboxylic acids is 1. The number of aliphatic hydroxyl groups excluding tert-OH is 2. The molecule has 47 heavy (non-hydrogen) atoms. The Morgan fingerprint density at radius 2 is 0.957 bits per heavy atom. The van der Waals surface area contributed by atoms with Crippen LogP contribution in [0.4, 0.5) is 0 Å². The van der Waals surface area contributed by atoms with Crippen LogP contribution in [-0.2, 0) is 14.9 Å². The van der Waals surface area contributed by atoms with Gasteiger partial charge >= 0.3 is 0 Å². The lowest BCUT2D eigenvalue weighted by Crippen LogP contribution is -2.50. The van der Waals surface area contributed by atoms with Crippen molar-refractivity contribution in [2.75, 3.05) is 5.75 Å². The highest BCUT2D eigenvalue weighted by atomic mass is 32.2. The summed E-state index contributed by atoms with van der Waals surface area (Å²) in [4.78, 5) is 12.5. The largest absolute Gasteiger partial charge is 0.387 e. The zero-order valence-electron chi connectivity index (χ0n) is 30.5. The molecule has 0 aromatic heterocycles. The summed E-state index contributed by atoms with van der Waals surface area (Å²) in [5, 5.41) is 23.3. The highest BCUT2D eigenvalue weighted by Gasteiger charge is 2.27. The number of hydrogen-bond donors (Lipinski definition) is 4. The van der Waals surface area contributed by atoms with Crippen molar-refractivity contribution in [1.29, 1.82) is 0 Å². The minimum atomic E-state index is -4.44. The Labute approximate surface area is 290 Å². The van der Waals surface area contributed by atoms with Crippen molar-refractivity contribution in [2.45, 2.75) is 212 Å². The molecular weight excluding hydrogens is 610 g/mol. The lowest BCUT2D eigenvalue weighted by Gasteiger charge is -2.22. The smallest absolute Gasteiger partial charge is 0.267 e. The quantitative estimate of drug-likeness (QED) is 0.0299. The second-order valence-corrected chi connectivity index (χ2v) is 15.2. The zero-order chi connectivity index (χ0) is 34.9. The minimum Gasteiger partial charge on any atom is -0.387 e. The molecule has 278 valence electrons. The van der Waals surface area contributed by atoms with Crippen LogP contribution in [0.2, 0.25) is 0 Å². The first-order valence-electron chi connectivity index (χ1n) is 19.6. The monoisotopic (exact) mass is 686 g/mol. The maximum Gasteiger partial charge on any atom is 0.267 e. The van der Waals surface area contributed by atoms with Crippen molar-refractivity contribution in [3.8, 4) is 0 Å². The Bertz CT molecular complexity index is 860. The second kappa shape index (κ2) is 33.3. The van der Waals surface area contributed by atoms with E-state index in [2.05, 4.69) is 31.3 Å². The van der Waals surface area contributed by atoms with E-state index in [-0.39, 0.29) is 6.42 Å². The second-order valence-electron chi connectivity index (χ2n) is 13.7. The molecule has 0 saturated heterocycles. The van der Waals surface area contributed by atoms with Gasteiger partial charge in [0.15, 0.2) is 0 Å². The molecular formula is C39H75NO6S. The molecule has 0 bridgehead atoms. The molecule has 0 fully saturated rings. The summed E-state index contributed by atoms with van der Waals surface area (Å²) in [6.45, 7) is 4.49. The highest BCUT2D eigenvalue weighted by molar-refractivity contribution is 7.85. The summed E-state index contributed by atoms with van der Waals surface area (Å²) < 4.78 is 32.4. The SMILES string of the molecule is CCCCCCCCCCCCCCC/C=C/CC/C=C/C(O)C(CS(=O)(=O)O)NC(=O)C(O)CCCCCCCCCCCCC. The van der Waals surface area contributed by atoms with Crippen LogP contribution in [0.5, 0.6) is 0 Å². The number of unbranched alkanes of at least 4 members (excludes halogenated alkanes) is 24. The molecule has 0 aliphatic rings. The standard InChI is InChI=1S/C39H75NO6S/c1-3-5-7-9-11-13-15-16-17-18-19-20-21-22-24-25-27-29-31-33-37(41)36(35-47(44,45)46)40-39(43)38(42)34-32-30-28-26-23-14-12-10-8-6-4-2/h24-25,31,33,36-38,41-42H,3-23,26-30,32,34-35H2,1-2H3,(H,40,43)(H,44,45,46)/b25-24+,33-31+. The van der Waals surface area contributed by atoms with Crippen molar-refractivity contribution >= 4 is 16.0 Å². The average molecular weight is 686 g/mol. The first kappa shape index (κ1) is 45.8. The van der Waals surface area contributed by atoms with Gasteiger partial charge in [-0.1, -0.05) is 186 Å². The third kappa shape index (κ3) is 33.1. The van der Waals surface area contributed by atoms with E-state index < -0.39 is 40.0 Å². The van der Waals surface area contributed by atoms with Crippen LogP contribution < -0.4 is 5.32 Å². The molecule has 0 aliphatic carbocycles. The summed E-state index contributed by atoms with van der Waals surface area (Å²) in [7, 11) is -4.44. The van der Waals surface area contributed by atoms with Gasteiger partial charge in [0, 0.05) is 0 Å². The number of rotatable bonds is 35. The Morgan fingerprint density at radius 3 is 1.40 bits per heavy atom. The predicted molar refractivity (Wildman–Crippen MR) is 199 cm³/mol. The molecule has 0 aromatic rings. The normalized spacial score (nSPS) is 14.2. The first-order chi connectivity index (χ1) is 22.7. The summed E-state index contributed by atoms with van der Waals surface area (Å²) in [6, 6.07) is -1.24. The fourth-order valence-corrected chi connectivity index (χ4v) is 6.68. The molecule has 7 nitrogen and oxygen atoms in total. The summed E-state index contributed by atoms with van der Waals surface area (Å²) in [5.74, 6) is -1.55. The van der Waals surface area contributed by atoms with Crippen molar-refractivity contribution in [2.24, 2.45) is 0 Å². The van der Waals surface area contributed by atoms with E-state index >= 15 is 0 Å². The van der Waals surface area contributed by atoms with E-state index in [1.165, 1.54) is 134 Å². The van der Waals surface area contributed by atoms with Crippen LogP contribution in [-0.4, -0.2) is 53.1 Å². The first-order valence-corrected chi connectivity index (χ1v) is 21.3. The number of aliphatic hydroxyl groups is 2. The summed E-state index contributed by atoms with van der Waals surface area (Å²) in [6.07, 6.45) is 38.1. The van der Waals surface area contributed by atoms with Crippen LogP contribution in [0.25, 0.3) is 0 Å². The van der Waals surface area contributed by atoms with Gasteiger partial charge in [0.25, 0.3) is 10.1 Å². The third-order valence-corrected chi connectivity index (χ3v) is 9.77. The lowest BCUT2D eigenvalue weighted by molar-refractivity contribution is -0.130. The molecule has 0 saturated carbocycles. The van der Waals surface area contributed by atoms with Gasteiger partial charge in [0.1, 0.15) is 6.10 Å². The van der Waals surface area contributed by atoms with E-state index in [0.717, 1.165) is 32.1 Å². The van der Waals surface area contributed by atoms with E-state index in [4.69, 9.17) is 0 Å². The molecule has 0 aliphatic heterocycles. The number of hydrogen-bond acceptors (Lipinski definition) is 5. The van der Waals surface area contributed by atoms with Crippen molar-refractivity contribution < 1.29 is 28.0 Å². The third-order valence-electron chi connectivity index (χ3n) is 8.99. The lowest BCUT2D eigenvalue weighted by atomic mass is 10.0. The Balaban J connectivity index is 4.09. The predicted octanol–water partition coefficient (Wildman–Crippen LogP) is 10.2. The molecule has 0 rings (SSSR count). The van der Waals surface area contributed by atoms with Gasteiger partial charge in [-0.05, 0) is 32.1 Å². The van der Waals surface area contributed by atoms with Crippen molar-refractivity contribution in [3.63, 3.8) is 0 Å². The zero-order valence-corrected chi connectivity index (χ0v) is 31.3. The van der Waals surface area contributed by atoms with E-state index in [0.29, 0.717) is 12.8 Å². The average Bonchev–Trinajstić information content (AvgIpc) is 3.03. The molecule has 3 unspecified atom stereocenters. The van der Waals surface area contributed by atoms with Crippen molar-refractivity contribution in [1.82, 2.24) is 5.32 Å². The molecule has 0 spiro atoms. The molecule has 1 amide bonds. The van der Waals surface area contributed by atoms with Gasteiger partial charge in [-0.2, -0.15) is 8.42 Å². The van der Waals surface area contributed by atoms with Crippen LogP contribution in [0.15, 0.2) is 24.3 Å². The van der Waals surface area contributed by atoms with Gasteiger partial charge in [0.2, 0.25) is 5.91 Å².